The van der Waals surface area contributed by atoms with Crippen molar-refractivity contribution in [3.05, 3.63) is 18.3 Å². The Morgan fingerprint density at radius 1 is 1.37 bits per heavy atom. The van der Waals surface area contributed by atoms with E-state index in [1.165, 1.54) is 6.42 Å². The molecule has 0 spiro atoms. The van der Waals surface area contributed by atoms with Gasteiger partial charge in [-0.1, -0.05) is 0 Å². The van der Waals surface area contributed by atoms with E-state index in [0.717, 1.165) is 25.9 Å². The number of piperidine rings is 1. The lowest BCUT2D eigenvalue weighted by atomic mass is 10.1. The topological polar surface area (TPSA) is 54.5 Å². The van der Waals surface area contributed by atoms with Crippen LogP contribution in [0.15, 0.2) is 18.3 Å². The van der Waals surface area contributed by atoms with Gasteiger partial charge in [0.15, 0.2) is 0 Å². The van der Waals surface area contributed by atoms with Gasteiger partial charge in [-0.25, -0.2) is 4.98 Å². The highest BCUT2D eigenvalue weighted by Crippen LogP contribution is 2.14. The number of methoxy groups -OCH3 is 1. The number of hydrogen-bond acceptors (Lipinski definition) is 4. The van der Waals surface area contributed by atoms with Gasteiger partial charge in [0.25, 0.3) is 0 Å². The van der Waals surface area contributed by atoms with Crippen molar-refractivity contribution in [3.63, 3.8) is 0 Å². The second-order valence-corrected chi connectivity index (χ2v) is 4.84. The number of pyridine rings is 1. The van der Waals surface area contributed by atoms with E-state index in [-0.39, 0.29) is 11.9 Å². The van der Waals surface area contributed by atoms with Gasteiger partial charge in [0.2, 0.25) is 5.91 Å². The Morgan fingerprint density at radius 3 is 2.68 bits per heavy atom. The van der Waals surface area contributed by atoms with E-state index in [1.807, 2.05) is 24.0 Å². The summed E-state index contributed by atoms with van der Waals surface area (Å²) in [6.07, 6.45) is 5.09. The molecule has 19 heavy (non-hydrogen) atoms. The van der Waals surface area contributed by atoms with Gasteiger partial charge in [0.05, 0.1) is 13.3 Å². The van der Waals surface area contributed by atoms with Crippen molar-refractivity contribution < 1.29 is 9.53 Å². The van der Waals surface area contributed by atoms with Crippen LogP contribution >= 0.6 is 0 Å². The molecule has 1 aromatic heterocycles. The number of nitrogens with one attached hydrogen (secondary N) is 1. The third-order valence-electron chi connectivity index (χ3n) is 3.37. The predicted octanol–water partition coefficient (Wildman–Crippen LogP) is 1.90. The molecule has 5 heteroatoms. The highest BCUT2D eigenvalue weighted by atomic mass is 16.5. The molecule has 2 heterocycles. The lowest BCUT2D eigenvalue weighted by Gasteiger charge is -2.29. The van der Waals surface area contributed by atoms with Crippen LogP contribution in [0.2, 0.25) is 0 Å². The molecule has 104 valence electrons. The molecular formula is C14H21N3O2. The van der Waals surface area contributed by atoms with Gasteiger partial charge >= 0.3 is 0 Å². The second kappa shape index (κ2) is 6.41. The molecule has 1 fully saturated rings. The van der Waals surface area contributed by atoms with Crippen LogP contribution in [0.3, 0.4) is 0 Å². The van der Waals surface area contributed by atoms with Crippen LogP contribution in [-0.4, -0.2) is 42.0 Å². The fraction of sp³-hybridized carbons (Fsp3) is 0.571. The summed E-state index contributed by atoms with van der Waals surface area (Å²) in [5, 5.41) is 3.13. The van der Waals surface area contributed by atoms with E-state index in [0.29, 0.717) is 11.6 Å². The lowest BCUT2D eigenvalue weighted by Crippen LogP contribution is -2.44. The maximum atomic E-state index is 12.2. The Balaban J connectivity index is 1.91. The lowest BCUT2D eigenvalue weighted by molar-refractivity contribution is -0.132. The van der Waals surface area contributed by atoms with E-state index in [1.54, 1.807) is 13.3 Å². The Labute approximate surface area is 114 Å². The van der Waals surface area contributed by atoms with Crippen LogP contribution in [0, 0.1) is 0 Å². The Bertz CT molecular complexity index is 413. The number of amides is 1. The van der Waals surface area contributed by atoms with Crippen molar-refractivity contribution in [2.45, 2.75) is 32.2 Å². The van der Waals surface area contributed by atoms with Crippen LogP contribution in [0.1, 0.15) is 26.2 Å². The summed E-state index contributed by atoms with van der Waals surface area (Å²) < 4.78 is 5.05. The first-order valence-electron chi connectivity index (χ1n) is 6.76. The summed E-state index contributed by atoms with van der Waals surface area (Å²) in [5.41, 5.74) is 0. The smallest absolute Gasteiger partial charge is 0.244 e. The average molecular weight is 263 g/mol. The van der Waals surface area contributed by atoms with Crippen LogP contribution < -0.4 is 10.1 Å². The van der Waals surface area contributed by atoms with Crippen molar-refractivity contribution in [1.29, 1.82) is 0 Å². The van der Waals surface area contributed by atoms with E-state index >= 15 is 0 Å². The molecule has 1 aromatic rings. The molecular weight excluding hydrogens is 242 g/mol. The van der Waals surface area contributed by atoms with E-state index in [4.69, 9.17) is 4.74 Å². The molecule has 1 N–H and O–H groups in total. The highest BCUT2D eigenvalue weighted by Gasteiger charge is 2.22. The average Bonchev–Trinajstić information content (AvgIpc) is 2.48. The largest absolute Gasteiger partial charge is 0.495 e. The maximum Gasteiger partial charge on any atom is 0.244 e. The van der Waals surface area contributed by atoms with Gasteiger partial charge in [-0.15, -0.1) is 0 Å². The van der Waals surface area contributed by atoms with E-state index < -0.39 is 0 Å². The summed E-state index contributed by atoms with van der Waals surface area (Å²) >= 11 is 0. The van der Waals surface area contributed by atoms with Crippen LogP contribution in [0.5, 0.6) is 5.75 Å². The zero-order chi connectivity index (χ0) is 13.7. The molecule has 2 rings (SSSR count). The highest BCUT2D eigenvalue weighted by molar-refractivity contribution is 5.84. The Morgan fingerprint density at radius 2 is 2.11 bits per heavy atom. The number of ether oxygens (including phenoxy) is 1. The first-order valence-corrected chi connectivity index (χ1v) is 6.76. The number of carbonyl (C=O) groups excluding carboxylic acids is 1. The monoisotopic (exact) mass is 263 g/mol. The van der Waals surface area contributed by atoms with Crippen LogP contribution in [0.25, 0.3) is 0 Å². The van der Waals surface area contributed by atoms with Crippen LogP contribution in [0.4, 0.5) is 5.82 Å². The summed E-state index contributed by atoms with van der Waals surface area (Å²) in [6, 6.07) is 3.39. The van der Waals surface area contributed by atoms with Gasteiger partial charge in [-0.2, -0.15) is 0 Å². The molecule has 0 radical (unpaired) electrons. The standard InChI is InChI=1S/C14H21N3O2/c1-11(14(18)17-8-4-3-5-9-17)16-13-7-6-12(19-2)10-15-13/h6-7,10-11H,3-5,8-9H2,1-2H3,(H,15,16). The SMILES string of the molecule is COc1ccc(NC(C)C(=O)N2CCCCC2)nc1. The number of rotatable bonds is 4. The van der Waals surface area contributed by atoms with Gasteiger partial charge in [0.1, 0.15) is 17.6 Å². The fourth-order valence-corrected chi connectivity index (χ4v) is 2.26. The van der Waals surface area contributed by atoms with Crippen molar-refractivity contribution >= 4 is 11.7 Å². The molecule has 5 nitrogen and oxygen atoms in total. The third kappa shape index (κ3) is 3.59. The Kier molecular flexibility index (Phi) is 4.60. The van der Waals surface area contributed by atoms with Crippen molar-refractivity contribution in [2.75, 3.05) is 25.5 Å². The normalized spacial score (nSPS) is 16.8. The zero-order valence-electron chi connectivity index (χ0n) is 11.6. The summed E-state index contributed by atoms with van der Waals surface area (Å²) in [4.78, 5) is 18.4. The molecule has 0 saturated carbocycles. The van der Waals surface area contributed by atoms with Gasteiger partial charge in [-0.05, 0) is 38.3 Å². The number of aromatic nitrogens is 1. The minimum absolute atomic E-state index is 0.150. The number of hydrogen-bond donors (Lipinski definition) is 1. The quantitative estimate of drug-likeness (QED) is 0.901. The molecule has 1 atom stereocenters. The molecule has 0 aliphatic carbocycles. The minimum atomic E-state index is -0.251. The van der Waals surface area contributed by atoms with Crippen molar-refractivity contribution in [2.24, 2.45) is 0 Å². The summed E-state index contributed by atoms with van der Waals surface area (Å²) in [6.45, 7) is 3.63. The first-order chi connectivity index (χ1) is 9.20. The Hall–Kier alpha value is -1.78. The first kappa shape index (κ1) is 13.6. The maximum absolute atomic E-state index is 12.2. The number of anilines is 1. The molecule has 1 saturated heterocycles. The molecule has 1 aliphatic heterocycles. The second-order valence-electron chi connectivity index (χ2n) is 4.84. The number of carbonyl (C=O) groups is 1. The zero-order valence-corrected chi connectivity index (χ0v) is 11.6. The molecule has 1 aliphatic rings. The van der Waals surface area contributed by atoms with Gasteiger partial charge < -0.3 is 15.0 Å². The van der Waals surface area contributed by atoms with Gasteiger partial charge in [0, 0.05) is 13.1 Å². The molecule has 0 aromatic carbocycles. The molecule has 0 bridgehead atoms. The van der Waals surface area contributed by atoms with Gasteiger partial charge in [-0.3, -0.25) is 4.79 Å². The van der Waals surface area contributed by atoms with Crippen molar-refractivity contribution in [1.82, 2.24) is 9.88 Å². The van der Waals surface area contributed by atoms with Crippen LogP contribution in [-0.2, 0) is 4.79 Å². The fourth-order valence-electron chi connectivity index (χ4n) is 2.26. The molecule has 1 unspecified atom stereocenters. The van der Waals surface area contributed by atoms with E-state index in [9.17, 15) is 4.79 Å². The number of nitrogens with zero attached hydrogens (tertiary/aromatic N) is 2. The molecule has 1 amide bonds. The predicted molar refractivity (Wildman–Crippen MR) is 74.3 cm³/mol. The third-order valence-corrected chi connectivity index (χ3v) is 3.37. The minimum Gasteiger partial charge on any atom is -0.495 e. The van der Waals surface area contributed by atoms with Crippen molar-refractivity contribution in [3.8, 4) is 5.75 Å². The summed E-state index contributed by atoms with van der Waals surface area (Å²) in [5.74, 6) is 1.55. The van der Waals surface area contributed by atoms with E-state index in [2.05, 4.69) is 10.3 Å². The number of likely N-dealkylation sites (tertiary alicyclic amines) is 1. The summed E-state index contributed by atoms with van der Waals surface area (Å²) in [7, 11) is 1.60.